The van der Waals surface area contributed by atoms with Gasteiger partial charge in [0.2, 0.25) is 0 Å². The molecule has 2 aliphatic heterocycles. The minimum atomic E-state index is -0.515. The predicted octanol–water partition coefficient (Wildman–Crippen LogP) is 2.14. The Hall–Kier alpha value is -1.86. The van der Waals surface area contributed by atoms with Gasteiger partial charge in [-0.3, -0.25) is 4.79 Å². The SMILES string of the molecule is CN(C)[C@H]1CCN(C2=NC(=O)C(=Cc3ccc(F)cc3O)S2)C1. The maximum atomic E-state index is 13.0. The minimum absolute atomic E-state index is 0.187. The van der Waals surface area contributed by atoms with Gasteiger partial charge >= 0.3 is 0 Å². The second-order valence-corrected chi connectivity index (χ2v) is 6.87. The summed E-state index contributed by atoms with van der Waals surface area (Å²) in [6.07, 6.45) is 2.59. The molecule has 1 fully saturated rings. The summed E-state index contributed by atoms with van der Waals surface area (Å²) in [7, 11) is 4.09. The zero-order valence-electron chi connectivity index (χ0n) is 13.0. The number of phenolic OH excluding ortho intramolecular Hbond substituents is 1. The van der Waals surface area contributed by atoms with Gasteiger partial charge in [0.05, 0.1) is 4.91 Å². The summed E-state index contributed by atoms with van der Waals surface area (Å²) >= 11 is 1.30. The molecule has 0 bridgehead atoms. The normalized spacial score (nSPS) is 23.2. The van der Waals surface area contributed by atoms with Crippen molar-refractivity contribution >= 4 is 28.9 Å². The lowest BCUT2D eigenvalue weighted by atomic mass is 10.2. The van der Waals surface area contributed by atoms with Crippen molar-refractivity contribution in [1.29, 1.82) is 0 Å². The van der Waals surface area contributed by atoms with Gasteiger partial charge in [-0.25, -0.2) is 4.39 Å². The number of thioether (sulfide) groups is 1. The summed E-state index contributed by atoms with van der Waals surface area (Å²) in [6.45, 7) is 1.72. The fourth-order valence-corrected chi connectivity index (χ4v) is 3.59. The Bertz CT molecular complexity index is 703. The second kappa shape index (κ2) is 6.33. The Kier molecular flexibility index (Phi) is 4.41. The Morgan fingerprint density at radius 2 is 2.26 bits per heavy atom. The summed E-state index contributed by atoms with van der Waals surface area (Å²) < 4.78 is 13.0. The minimum Gasteiger partial charge on any atom is -0.507 e. The van der Waals surface area contributed by atoms with Crippen molar-refractivity contribution in [1.82, 2.24) is 9.80 Å². The number of likely N-dealkylation sites (tertiary alicyclic amines) is 1. The van der Waals surface area contributed by atoms with Gasteiger partial charge in [0.1, 0.15) is 11.6 Å². The first-order chi connectivity index (χ1) is 10.9. The summed E-state index contributed by atoms with van der Waals surface area (Å²) in [4.78, 5) is 20.9. The first-order valence-electron chi connectivity index (χ1n) is 7.36. The predicted molar refractivity (Wildman–Crippen MR) is 89.7 cm³/mol. The van der Waals surface area contributed by atoms with Gasteiger partial charge in [-0.2, -0.15) is 4.99 Å². The zero-order valence-corrected chi connectivity index (χ0v) is 13.8. The zero-order chi connectivity index (χ0) is 16.6. The van der Waals surface area contributed by atoms with Crippen LogP contribution in [-0.2, 0) is 4.79 Å². The van der Waals surface area contributed by atoms with Crippen molar-refractivity contribution < 1.29 is 14.3 Å². The van der Waals surface area contributed by atoms with Crippen molar-refractivity contribution in [2.24, 2.45) is 4.99 Å². The highest BCUT2D eigenvalue weighted by Gasteiger charge is 2.32. The Balaban J connectivity index is 1.74. The summed E-state index contributed by atoms with van der Waals surface area (Å²) in [5.74, 6) is -1.02. The van der Waals surface area contributed by atoms with E-state index in [-0.39, 0.29) is 11.7 Å². The molecule has 0 spiro atoms. The Morgan fingerprint density at radius 1 is 1.48 bits per heavy atom. The third-order valence-electron chi connectivity index (χ3n) is 4.05. The van der Waals surface area contributed by atoms with Crippen LogP contribution in [0.4, 0.5) is 4.39 Å². The van der Waals surface area contributed by atoms with Crippen LogP contribution in [0.5, 0.6) is 5.75 Å². The topological polar surface area (TPSA) is 56.1 Å². The molecule has 1 saturated heterocycles. The molecule has 0 radical (unpaired) electrons. The first-order valence-corrected chi connectivity index (χ1v) is 8.18. The number of carbonyl (C=O) groups excluding carboxylic acids is 1. The van der Waals surface area contributed by atoms with Crippen LogP contribution < -0.4 is 0 Å². The van der Waals surface area contributed by atoms with Crippen molar-refractivity contribution in [3.05, 3.63) is 34.5 Å². The number of amides is 1. The van der Waals surface area contributed by atoms with Crippen LogP contribution in [0.3, 0.4) is 0 Å². The number of carbonyl (C=O) groups is 1. The number of halogens is 1. The third-order valence-corrected chi connectivity index (χ3v) is 5.10. The first kappa shape index (κ1) is 16.0. The molecule has 2 heterocycles. The van der Waals surface area contributed by atoms with Gasteiger partial charge in [0.15, 0.2) is 5.17 Å². The number of amidine groups is 1. The molecular formula is C16H18FN3O2S. The van der Waals surface area contributed by atoms with Gasteiger partial charge in [0.25, 0.3) is 5.91 Å². The van der Waals surface area contributed by atoms with E-state index in [9.17, 15) is 14.3 Å². The number of hydrogen-bond donors (Lipinski definition) is 1. The highest BCUT2D eigenvalue weighted by atomic mass is 32.2. The van der Waals surface area contributed by atoms with E-state index in [0.717, 1.165) is 25.6 Å². The van der Waals surface area contributed by atoms with E-state index in [0.29, 0.717) is 21.7 Å². The molecular weight excluding hydrogens is 317 g/mol. The molecule has 122 valence electrons. The lowest BCUT2D eigenvalue weighted by Crippen LogP contribution is -2.33. The number of nitrogens with zero attached hydrogens (tertiary/aromatic N) is 3. The molecule has 1 atom stereocenters. The summed E-state index contributed by atoms with van der Waals surface area (Å²) in [5, 5.41) is 10.5. The maximum absolute atomic E-state index is 13.0. The van der Waals surface area contributed by atoms with E-state index < -0.39 is 5.82 Å². The fourth-order valence-electron chi connectivity index (χ4n) is 2.65. The summed E-state index contributed by atoms with van der Waals surface area (Å²) in [6, 6.07) is 4.18. The van der Waals surface area contributed by atoms with Crippen LogP contribution >= 0.6 is 11.8 Å². The lowest BCUT2D eigenvalue weighted by molar-refractivity contribution is -0.113. The van der Waals surface area contributed by atoms with Crippen LogP contribution in [0.1, 0.15) is 12.0 Å². The van der Waals surface area contributed by atoms with Crippen molar-refractivity contribution in [3.8, 4) is 5.75 Å². The molecule has 2 aliphatic rings. The third kappa shape index (κ3) is 3.40. The standard InChI is InChI=1S/C16H18FN3O2S/c1-19(2)12-5-6-20(9-12)16-18-15(22)14(23-16)7-10-3-4-11(17)8-13(10)21/h3-4,7-8,12,21H,5-6,9H2,1-2H3/t12-/m0/s1. The molecule has 0 unspecified atom stereocenters. The van der Waals surface area contributed by atoms with Gasteiger partial charge in [-0.15, -0.1) is 0 Å². The molecule has 0 aromatic heterocycles. The number of aromatic hydroxyl groups is 1. The molecule has 1 aromatic rings. The van der Waals surface area contributed by atoms with Gasteiger partial charge in [0, 0.05) is 30.8 Å². The van der Waals surface area contributed by atoms with Gasteiger partial charge in [-0.05, 0) is 50.5 Å². The molecule has 1 N–H and O–H groups in total. The van der Waals surface area contributed by atoms with Crippen LogP contribution in [0.2, 0.25) is 0 Å². The smallest absolute Gasteiger partial charge is 0.286 e. The van der Waals surface area contributed by atoms with Gasteiger partial charge in [-0.1, -0.05) is 0 Å². The van der Waals surface area contributed by atoms with Crippen LogP contribution in [0, 0.1) is 5.82 Å². The highest BCUT2D eigenvalue weighted by molar-refractivity contribution is 8.18. The average molecular weight is 335 g/mol. The van der Waals surface area contributed by atoms with E-state index >= 15 is 0 Å². The number of likely N-dealkylation sites (N-methyl/N-ethyl adjacent to an activating group) is 1. The lowest BCUT2D eigenvalue weighted by Gasteiger charge is -2.20. The molecule has 7 heteroatoms. The number of phenols is 1. The van der Waals surface area contributed by atoms with Crippen molar-refractivity contribution in [2.75, 3.05) is 27.2 Å². The van der Waals surface area contributed by atoms with Crippen molar-refractivity contribution in [2.45, 2.75) is 12.5 Å². The van der Waals surface area contributed by atoms with Crippen LogP contribution in [-0.4, -0.2) is 59.2 Å². The Morgan fingerprint density at radius 3 is 2.91 bits per heavy atom. The summed E-state index contributed by atoms with van der Waals surface area (Å²) in [5.41, 5.74) is 0.409. The molecule has 5 nitrogen and oxygen atoms in total. The molecule has 1 aromatic carbocycles. The monoisotopic (exact) mass is 335 g/mol. The number of benzene rings is 1. The highest BCUT2D eigenvalue weighted by Crippen LogP contribution is 2.33. The van der Waals surface area contributed by atoms with Crippen LogP contribution in [0.15, 0.2) is 28.1 Å². The van der Waals surface area contributed by atoms with E-state index in [4.69, 9.17) is 0 Å². The maximum Gasteiger partial charge on any atom is 0.286 e. The molecule has 1 amide bonds. The Labute approximate surface area is 138 Å². The van der Waals surface area contributed by atoms with E-state index in [1.54, 1.807) is 6.08 Å². The largest absolute Gasteiger partial charge is 0.507 e. The number of rotatable bonds is 2. The van der Waals surface area contributed by atoms with E-state index in [1.165, 1.54) is 23.9 Å². The van der Waals surface area contributed by atoms with E-state index in [1.807, 2.05) is 14.1 Å². The quantitative estimate of drug-likeness (QED) is 0.839. The average Bonchev–Trinajstić information content (AvgIpc) is 3.09. The molecule has 0 saturated carbocycles. The molecule has 23 heavy (non-hydrogen) atoms. The fraction of sp³-hybridized carbons (Fsp3) is 0.375. The van der Waals surface area contributed by atoms with Crippen molar-refractivity contribution in [3.63, 3.8) is 0 Å². The molecule has 0 aliphatic carbocycles. The van der Waals surface area contributed by atoms with Crippen LogP contribution in [0.25, 0.3) is 6.08 Å². The number of hydrogen-bond acceptors (Lipinski definition) is 5. The second-order valence-electron chi connectivity index (χ2n) is 5.87. The molecule has 3 rings (SSSR count). The van der Waals surface area contributed by atoms with Gasteiger partial charge < -0.3 is 14.9 Å². The van der Waals surface area contributed by atoms with E-state index in [2.05, 4.69) is 14.8 Å². The number of aliphatic imine (C=N–C) groups is 1.